The fraction of sp³-hybridized carbons (Fsp3) is 0.545. The van der Waals surface area contributed by atoms with E-state index >= 15 is 0 Å². The van der Waals surface area contributed by atoms with Crippen LogP contribution in [-0.4, -0.2) is 74.0 Å². The second-order valence-electron chi connectivity index (χ2n) is 20.4. The number of nitrogens with two attached hydrogens (primary N) is 1. The van der Waals surface area contributed by atoms with Gasteiger partial charge in [0.15, 0.2) is 17.3 Å². The first-order valence-corrected chi connectivity index (χ1v) is 24.4. The molecule has 1 aromatic heterocycles. The number of fused-ring (bicyclic) bond motifs is 3. The van der Waals surface area contributed by atoms with Gasteiger partial charge in [-0.3, -0.25) is 9.59 Å². The molecular weight excluding hydrogens is 815 g/mol. The van der Waals surface area contributed by atoms with Crippen molar-refractivity contribution >= 4 is 28.2 Å². The number of nitrogen functional groups attached to an aromatic ring is 1. The first kappa shape index (κ1) is 45.4. The number of methoxy groups -OCH3 is 1. The number of nitrogens with zero attached hydrogens (tertiary/aromatic N) is 1. The highest BCUT2D eigenvalue weighted by Crippen LogP contribution is 2.50. The van der Waals surface area contributed by atoms with E-state index in [4.69, 9.17) is 10.5 Å². The minimum absolute atomic E-state index is 0.0338. The Kier molecular flexibility index (Phi) is 13.4. The third-order valence-electron chi connectivity index (χ3n) is 16.6. The maximum atomic E-state index is 14.5. The van der Waals surface area contributed by atoms with Gasteiger partial charge < -0.3 is 36.2 Å². The zero-order valence-electron chi connectivity index (χ0n) is 37.9. The van der Waals surface area contributed by atoms with Crippen molar-refractivity contribution in [2.24, 2.45) is 23.2 Å². The summed E-state index contributed by atoms with van der Waals surface area (Å²) in [6, 6.07) is 21.7. The van der Waals surface area contributed by atoms with Crippen LogP contribution in [0.5, 0.6) is 11.5 Å². The molecule has 2 heterocycles. The SMILES string of the molecule is COc1cc2c(cc1O)C(CC(O)C(O)CC(c1ccnc(N)c1)c1ccc3ccccc3c1)C#CC1(CCC(CCC3CC4CCC(=O)CC4NC34CCCCC4)CC1O)C(=O)CC2. The summed E-state index contributed by atoms with van der Waals surface area (Å²) in [5.74, 6) is 8.01. The van der Waals surface area contributed by atoms with Crippen molar-refractivity contribution in [3.05, 3.63) is 95.2 Å². The molecule has 7 N–H and O–H groups in total. The van der Waals surface area contributed by atoms with Crippen LogP contribution in [0.1, 0.15) is 143 Å². The summed E-state index contributed by atoms with van der Waals surface area (Å²) < 4.78 is 5.50. The van der Waals surface area contributed by atoms with Gasteiger partial charge in [-0.25, -0.2) is 4.98 Å². The maximum absolute atomic E-state index is 14.5. The lowest BCUT2D eigenvalue weighted by Gasteiger charge is -2.54. The molecule has 344 valence electrons. The molecule has 1 aliphatic heterocycles. The Morgan fingerprint density at radius 3 is 2.48 bits per heavy atom. The smallest absolute Gasteiger partial charge is 0.160 e. The number of benzene rings is 3. The molecule has 4 fully saturated rings. The number of pyridine rings is 1. The molecule has 0 radical (unpaired) electrons. The molecule has 10 nitrogen and oxygen atoms in total. The fourth-order valence-corrected chi connectivity index (χ4v) is 12.8. The summed E-state index contributed by atoms with van der Waals surface area (Å²) in [4.78, 5) is 31.1. The number of rotatable bonds is 11. The number of hydrogen-bond donors (Lipinski definition) is 6. The number of carbonyl (C=O) groups is 2. The van der Waals surface area contributed by atoms with Crippen molar-refractivity contribution in [1.82, 2.24) is 10.3 Å². The number of aliphatic hydroxyl groups excluding tert-OH is 3. The number of anilines is 1. The summed E-state index contributed by atoms with van der Waals surface area (Å²) in [5, 5.41) is 53.4. The Morgan fingerprint density at radius 1 is 0.892 bits per heavy atom. The van der Waals surface area contributed by atoms with Crippen molar-refractivity contribution in [2.75, 3.05) is 12.8 Å². The van der Waals surface area contributed by atoms with E-state index in [1.54, 1.807) is 18.3 Å². The van der Waals surface area contributed by atoms with Crippen LogP contribution in [-0.2, 0) is 16.0 Å². The first-order chi connectivity index (χ1) is 31.4. The number of aliphatic hydroxyl groups is 3. The Hall–Kier alpha value is -4.79. The van der Waals surface area contributed by atoms with E-state index in [1.165, 1.54) is 45.6 Å². The van der Waals surface area contributed by atoms with Gasteiger partial charge in [-0.15, -0.1) is 0 Å². The molecule has 3 aromatic carbocycles. The van der Waals surface area contributed by atoms with E-state index in [2.05, 4.69) is 46.4 Å². The number of Topliss-reactive ketones (excluding diaryl/α,β-unsaturated/α-hetero) is 2. The number of ketones is 2. The van der Waals surface area contributed by atoms with Crippen LogP contribution < -0.4 is 15.8 Å². The highest BCUT2D eigenvalue weighted by atomic mass is 16.5. The molecule has 4 aromatic rings. The second-order valence-corrected chi connectivity index (χ2v) is 20.4. The predicted octanol–water partition coefficient (Wildman–Crippen LogP) is 8.45. The van der Waals surface area contributed by atoms with Crippen LogP contribution in [0.25, 0.3) is 10.8 Å². The lowest BCUT2D eigenvalue weighted by Crippen LogP contribution is -2.63. The predicted molar refractivity (Wildman–Crippen MR) is 252 cm³/mol. The number of aromatic nitrogens is 1. The molecule has 65 heavy (non-hydrogen) atoms. The topological polar surface area (TPSA) is 175 Å². The summed E-state index contributed by atoms with van der Waals surface area (Å²) in [6.45, 7) is 0. The highest BCUT2D eigenvalue weighted by molar-refractivity contribution is 5.89. The van der Waals surface area contributed by atoms with Crippen molar-refractivity contribution < 1.29 is 34.8 Å². The van der Waals surface area contributed by atoms with E-state index in [0.717, 1.165) is 53.1 Å². The van der Waals surface area contributed by atoms with Gasteiger partial charge in [0, 0.05) is 48.9 Å². The van der Waals surface area contributed by atoms with Crippen molar-refractivity contribution in [3.8, 4) is 23.3 Å². The Labute approximate surface area is 383 Å². The van der Waals surface area contributed by atoms with E-state index in [-0.39, 0.29) is 53.9 Å². The van der Waals surface area contributed by atoms with Crippen LogP contribution in [0.3, 0.4) is 0 Å². The summed E-state index contributed by atoms with van der Waals surface area (Å²) >= 11 is 0. The van der Waals surface area contributed by atoms with E-state index in [9.17, 15) is 30.0 Å². The summed E-state index contributed by atoms with van der Waals surface area (Å²) in [7, 11) is 1.49. The number of hydrogen-bond acceptors (Lipinski definition) is 10. The second kappa shape index (κ2) is 19.2. The van der Waals surface area contributed by atoms with Gasteiger partial charge in [0.1, 0.15) is 17.0 Å². The number of carbonyl (C=O) groups excluding carboxylic acids is 2. The zero-order valence-corrected chi connectivity index (χ0v) is 37.9. The van der Waals surface area contributed by atoms with Gasteiger partial charge in [0.2, 0.25) is 0 Å². The first-order valence-electron chi connectivity index (χ1n) is 24.4. The van der Waals surface area contributed by atoms with E-state index in [1.807, 2.05) is 30.3 Å². The van der Waals surface area contributed by atoms with Crippen molar-refractivity contribution in [3.63, 3.8) is 0 Å². The number of phenolic OH excluding ortho intramolecular Hbond substituents is 1. The maximum Gasteiger partial charge on any atom is 0.160 e. The minimum atomic E-state index is -1.26. The number of aryl methyl sites for hydroxylation is 1. The largest absolute Gasteiger partial charge is 0.504 e. The third-order valence-corrected chi connectivity index (χ3v) is 16.6. The normalized spacial score (nSPS) is 29.0. The van der Waals surface area contributed by atoms with Gasteiger partial charge in [-0.1, -0.05) is 80.0 Å². The molecule has 9 rings (SSSR count). The Bertz CT molecular complexity index is 2440. The number of nitrogens with one attached hydrogen (secondary N) is 1. The number of ether oxygens (including phenoxy) is 1. The molecule has 1 saturated heterocycles. The van der Waals surface area contributed by atoms with Gasteiger partial charge in [-0.2, -0.15) is 0 Å². The van der Waals surface area contributed by atoms with Gasteiger partial charge in [0.25, 0.3) is 0 Å². The summed E-state index contributed by atoms with van der Waals surface area (Å²) in [5.41, 5.74) is 8.28. The number of piperidine rings is 1. The van der Waals surface area contributed by atoms with Gasteiger partial charge >= 0.3 is 0 Å². The van der Waals surface area contributed by atoms with Gasteiger partial charge in [-0.05, 0) is 146 Å². The molecule has 10 heteroatoms. The standard InChI is InChI=1S/C55H67N3O7/c1-65-50-29-38-13-16-51(63)54(22-17-34(25-52(54)64)9-14-42-27-41-12-15-43(59)31-46(41)58-55(42)20-5-2-6-21-55)23-18-39(45(38)33-49(50)62)28-47(60)48(61)32-44(40-19-24-57-53(56)30-40)37-11-10-35-7-3-4-8-36(35)26-37/h3-4,7-8,10-11,19,24,26,29-30,33-34,39,41-42,44,46-48,52,58,60-62,64H,2,5-6,9,12-17,20-22,25,27-28,31-32H2,1H3,(H2,56,57). The van der Waals surface area contributed by atoms with E-state index < -0.39 is 29.6 Å². The van der Waals surface area contributed by atoms with Crippen LogP contribution >= 0.6 is 0 Å². The molecule has 2 spiro atoms. The van der Waals surface area contributed by atoms with Crippen molar-refractivity contribution in [2.45, 2.75) is 157 Å². The number of aromatic hydroxyl groups is 1. The van der Waals surface area contributed by atoms with E-state index in [0.29, 0.717) is 67.1 Å². The molecule has 0 bridgehead atoms. The third kappa shape index (κ3) is 9.45. The monoisotopic (exact) mass is 881 g/mol. The molecule has 3 saturated carbocycles. The highest BCUT2D eigenvalue weighted by Gasteiger charge is 2.50. The lowest BCUT2D eigenvalue weighted by molar-refractivity contribution is -0.134. The molecule has 10 unspecified atom stereocenters. The van der Waals surface area contributed by atoms with Gasteiger partial charge in [0.05, 0.1) is 25.4 Å². The quantitative estimate of drug-likeness (QED) is 0.0803. The van der Waals surface area contributed by atoms with Crippen LogP contribution in [0.2, 0.25) is 0 Å². The fourth-order valence-electron chi connectivity index (χ4n) is 12.8. The van der Waals surface area contributed by atoms with Crippen LogP contribution in [0.15, 0.2) is 72.9 Å². The molecular formula is C55H67N3O7. The lowest BCUT2D eigenvalue weighted by atomic mass is 9.60. The molecule has 10 atom stereocenters. The molecule has 0 amide bonds. The van der Waals surface area contributed by atoms with Crippen LogP contribution in [0.4, 0.5) is 5.82 Å². The Balaban J connectivity index is 0.949. The molecule has 5 aliphatic rings. The Morgan fingerprint density at radius 2 is 1.69 bits per heavy atom. The minimum Gasteiger partial charge on any atom is -0.504 e. The number of phenols is 1. The van der Waals surface area contributed by atoms with Crippen molar-refractivity contribution in [1.29, 1.82) is 0 Å². The average molecular weight is 882 g/mol. The van der Waals surface area contributed by atoms with Crippen LogP contribution in [0, 0.1) is 35.0 Å². The molecule has 4 aliphatic carbocycles. The summed E-state index contributed by atoms with van der Waals surface area (Å²) in [6.07, 6.45) is 12.4. The zero-order chi connectivity index (χ0) is 45.3. The average Bonchev–Trinajstić information content (AvgIpc) is 3.35.